The van der Waals surface area contributed by atoms with Gasteiger partial charge in [0.25, 0.3) is 11.8 Å². The number of hydrogen-bond donors (Lipinski definition) is 2. The Labute approximate surface area is 300 Å². The number of hydrogen-bond acceptors (Lipinski definition) is 8. The summed E-state index contributed by atoms with van der Waals surface area (Å²) in [7, 11) is 2.72. The van der Waals surface area contributed by atoms with Crippen molar-refractivity contribution in [2.45, 2.75) is 22.6 Å². The topological polar surface area (TPSA) is 151 Å². The van der Waals surface area contributed by atoms with Crippen LogP contribution in [0.2, 0.25) is 0 Å². The van der Waals surface area contributed by atoms with Crippen molar-refractivity contribution in [3.63, 3.8) is 0 Å². The van der Waals surface area contributed by atoms with Crippen LogP contribution in [0.3, 0.4) is 0 Å². The van der Waals surface area contributed by atoms with E-state index in [-0.39, 0.29) is 47.0 Å². The van der Waals surface area contributed by atoms with E-state index in [4.69, 9.17) is 32.7 Å². The van der Waals surface area contributed by atoms with Gasteiger partial charge >= 0.3 is 5.97 Å². The molecule has 4 aliphatic rings. The Hall–Kier alpha value is -5.20. The molecule has 0 bridgehead atoms. The number of phenols is 1. The third-order valence-corrected chi connectivity index (χ3v) is 11.7. The fourth-order valence-corrected chi connectivity index (χ4v) is 8.79. The van der Waals surface area contributed by atoms with Gasteiger partial charge < -0.3 is 19.7 Å². The maximum Gasteiger partial charge on any atom is 0.335 e. The number of aromatic carboxylic acids is 1. The van der Waals surface area contributed by atoms with E-state index >= 15 is 0 Å². The minimum absolute atomic E-state index is 0.0445. The third-order valence-electron chi connectivity index (χ3n) is 10.3. The molecule has 0 aromatic heterocycles. The highest BCUT2D eigenvalue weighted by Crippen LogP contribution is 2.63. The zero-order valence-electron chi connectivity index (χ0n) is 27.0. The van der Waals surface area contributed by atoms with E-state index in [1.54, 1.807) is 18.2 Å². The van der Waals surface area contributed by atoms with Gasteiger partial charge in [0.05, 0.1) is 43.0 Å². The number of nitrogens with zero attached hydrogens (tertiary/aromatic N) is 2. The monoisotopic (exact) mass is 734 g/mol. The van der Waals surface area contributed by atoms with Gasteiger partial charge in [0, 0.05) is 5.92 Å². The van der Waals surface area contributed by atoms with Crippen LogP contribution in [0.15, 0.2) is 78.4 Å². The molecule has 14 heteroatoms. The number of rotatable bonds is 7. The highest BCUT2D eigenvalue weighted by atomic mass is 35.5. The third kappa shape index (κ3) is 4.95. The number of benzene rings is 3. The minimum Gasteiger partial charge on any atom is -0.502 e. The molecule has 2 saturated heterocycles. The molecule has 2 aliphatic heterocycles. The van der Waals surface area contributed by atoms with Crippen LogP contribution in [-0.2, 0) is 19.2 Å². The molecule has 0 radical (unpaired) electrons. The number of phenolic OH excluding ortho intramolecular Hbond substituents is 1. The number of imide groups is 2. The van der Waals surface area contributed by atoms with Crippen molar-refractivity contribution < 1.29 is 48.0 Å². The van der Waals surface area contributed by atoms with Crippen LogP contribution in [0.5, 0.6) is 17.2 Å². The number of carboxylic acids is 1. The smallest absolute Gasteiger partial charge is 0.335 e. The average molecular weight is 736 g/mol. The summed E-state index contributed by atoms with van der Waals surface area (Å²) in [5.74, 6) is -8.58. The fourth-order valence-electron chi connectivity index (χ4n) is 7.90. The SMILES string of the molecule is COc1cc(C=CC2C3=CCC4C(=O)N(c5cccc(C(=O)O)c5)C(=O)C4C3CC3(Cl)C(=O)N(c4ccc(F)cc4)C(=O)C23Cl)cc(OC)c1O. The molecule has 2 N–H and O–H groups in total. The molecule has 6 atom stereocenters. The van der Waals surface area contributed by atoms with Crippen LogP contribution in [-0.4, -0.2) is 63.8 Å². The normalized spacial score (nSPS) is 28.5. The van der Waals surface area contributed by atoms with E-state index in [9.17, 15) is 38.6 Å². The minimum atomic E-state index is -2.14. The van der Waals surface area contributed by atoms with Crippen LogP contribution in [0.25, 0.3) is 6.08 Å². The molecule has 2 heterocycles. The zero-order chi connectivity index (χ0) is 36.6. The number of carboxylic acid groups (broad SMARTS) is 1. The van der Waals surface area contributed by atoms with Gasteiger partial charge in [-0.1, -0.05) is 29.9 Å². The second kappa shape index (κ2) is 12.2. The highest BCUT2D eigenvalue weighted by molar-refractivity contribution is 6.58. The van der Waals surface area contributed by atoms with Gasteiger partial charge in [-0.2, -0.15) is 0 Å². The van der Waals surface area contributed by atoms with Crippen LogP contribution in [0, 0.1) is 29.5 Å². The summed E-state index contributed by atoms with van der Waals surface area (Å²) in [6.07, 6.45) is 4.73. The molecule has 0 spiro atoms. The Balaban J connectivity index is 1.36. The predicted molar refractivity (Wildman–Crippen MR) is 183 cm³/mol. The molecule has 1 saturated carbocycles. The van der Waals surface area contributed by atoms with Gasteiger partial charge in [0.2, 0.25) is 17.6 Å². The number of fused-ring (bicyclic) bond motifs is 4. The van der Waals surface area contributed by atoms with Crippen molar-refractivity contribution in [2.24, 2.45) is 23.7 Å². The molecule has 11 nitrogen and oxygen atoms in total. The van der Waals surface area contributed by atoms with Crippen LogP contribution >= 0.6 is 23.2 Å². The van der Waals surface area contributed by atoms with E-state index < -0.39 is 68.8 Å². The Morgan fingerprint density at radius 2 is 1.57 bits per heavy atom. The lowest BCUT2D eigenvalue weighted by Crippen LogP contribution is -2.60. The van der Waals surface area contributed by atoms with E-state index in [1.165, 1.54) is 62.8 Å². The Bertz CT molecular complexity index is 2080. The maximum absolute atomic E-state index is 14.5. The largest absolute Gasteiger partial charge is 0.502 e. The van der Waals surface area contributed by atoms with Gasteiger partial charge in [-0.15, -0.1) is 23.2 Å². The van der Waals surface area contributed by atoms with Crippen molar-refractivity contribution in [1.29, 1.82) is 0 Å². The Morgan fingerprint density at radius 3 is 2.20 bits per heavy atom. The predicted octanol–water partition coefficient (Wildman–Crippen LogP) is 5.56. The average Bonchev–Trinajstić information content (AvgIpc) is 3.46. The molecule has 2 aliphatic carbocycles. The number of halogens is 3. The number of aromatic hydroxyl groups is 1. The first-order chi connectivity index (χ1) is 24.3. The van der Waals surface area contributed by atoms with Gasteiger partial charge in [-0.05, 0) is 78.9 Å². The number of ether oxygens (including phenoxy) is 2. The number of alkyl halides is 2. The summed E-state index contributed by atoms with van der Waals surface area (Å²) in [5, 5.41) is 20.0. The second-order valence-corrected chi connectivity index (χ2v) is 14.0. The number of carbonyl (C=O) groups is 5. The molecular formula is C37H29Cl2FN2O9. The molecule has 4 amide bonds. The number of allylic oxidation sites excluding steroid dienone is 3. The lowest BCUT2D eigenvalue weighted by molar-refractivity contribution is -0.125. The van der Waals surface area contributed by atoms with E-state index in [2.05, 4.69) is 0 Å². The summed E-state index contributed by atoms with van der Waals surface area (Å²) < 4.78 is 24.5. The number of methoxy groups -OCH3 is 2. The molecule has 3 aromatic rings. The Morgan fingerprint density at radius 1 is 0.902 bits per heavy atom. The van der Waals surface area contributed by atoms with Crippen molar-refractivity contribution in [3.05, 3.63) is 95.3 Å². The van der Waals surface area contributed by atoms with Crippen molar-refractivity contribution in [3.8, 4) is 17.2 Å². The fraction of sp³-hybridized carbons (Fsp3) is 0.270. The lowest BCUT2D eigenvalue weighted by atomic mass is 9.57. The lowest BCUT2D eigenvalue weighted by Gasteiger charge is -2.49. The molecule has 6 unspecified atom stereocenters. The molecule has 262 valence electrons. The molecule has 7 rings (SSSR count). The maximum atomic E-state index is 14.5. The first-order valence-corrected chi connectivity index (χ1v) is 16.6. The summed E-state index contributed by atoms with van der Waals surface area (Å²) in [6, 6.07) is 13.2. The number of amides is 4. The van der Waals surface area contributed by atoms with Gasteiger partial charge in [-0.25, -0.2) is 14.1 Å². The van der Waals surface area contributed by atoms with Crippen LogP contribution < -0.4 is 19.3 Å². The van der Waals surface area contributed by atoms with Gasteiger partial charge in [-0.3, -0.25) is 24.1 Å². The first-order valence-electron chi connectivity index (χ1n) is 15.8. The summed E-state index contributed by atoms with van der Waals surface area (Å²) in [4.78, 5) is 66.1. The molecule has 51 heavy (non-hydrogen) atoms. The van der Waals surface area contributed by atoms with E-state index in [0.717, 1.165) is 21.9 Å². The van der Waals surface area contributed by atoms with Crippen LogP contribution in [0.4, 0.5) is 15.8 Å². The Kier molecular flexibility index (Phi) is 8.22. The van der Waals surface area contributed by atoms with Gasteiger partial charge in [0.15, 0.2) is 21.2 Å². The zero-order valence-corrected chi connectivity index (χ0v) is 28.5. The number of carbonyl (C=O) groups excluding carboxylic acids is 4. The standard InChI is InChI=1S/C37H29Cl2FN2O9/c1-50-27-14-18(15-28(51-2)30(27)43)6-13-26-23-11-12-24-29(32(45)41(31(24)44)22-5-3-4-19(16-22)33(46)47)25(23)17-36(38)34(48)42(35(49)37(26,36)39)21-9-7-20(40)8-10-21/h3-11,13-16,24-26,29,43H,12,17H2,1-2H3,(H,46,47). The highest BCUT2D eigenvalue weighted by Gasteiger charge is 2.76. The number of anilines is 2. The van der Waals surface area contributed by atoms with Crippen LogP contribution in [0.1, 0.15) is 28.8 Å². The van der Waals surface area contributed by atoms with Gasteiger partial charge in [0.1, 0.15) is 5.82 Å². The summed E-state index contributed by atoms with van der Waals surface area (Å²) in [6.45, 7) is 0. The second-order valence-electron chi connectivity index (χ2n) is 12.8. The van der Waals surface area contributed by atoms with Crippen molar-refractivity contribution in [1.82, 2.24) is 0 Å². The summed E-state index contributed by atoms with van der Waals surface area (Å²) in [5.41, 5.74) is 0.992. The molecule has 3 aromatic carbocycles. The summed E-state index contributed by atoms with van der Waals surface area (Å²) >= 11 is 14.7. The molecular weight excluding hydrogens is 706 g/mol. The van der Waals surface area contributed by atoms with Crippen molar-refractivity contribution >= 4 is 70.3 Å². The van der Waals surface area contributed by atoms with Crippen molar-refractivity contribution in [2.75, 3.05) is 24.0 Å². The quantitative estimate of drug-likeness (QED) is 0.181. The first kappa shape index (κ1) is 34.3. The van der Waals surface area contributed by atoms with E-state index in [1.807, 2.05) is 0 Å². The van der Waals surface area contributed by atoms with E-state index in [0.29, 0.717) is 11.1 Å². The molecule has 3 fully saturated rings.